The summed E-state index contributed by atoms with van der Waals surface area (Å²) < 4.78 is 23.8. The van der Waals surface area contributed by atoms with Crippen LogP contribution in [0.2, 0.25) is 5.02 Å². The Bertz CT molecular complexity index is 1180. The number of carbonyl (C=O) groups excluding carboxylic acids is 2. The third kappa shape index (κ3) is 5.83. The fourth-order valence-corrected chi connectivity index (χ4v) is 4.53. The van der Waals surface area contributed by atoms with E-state index in [-0.39, 0.29) is 16.5 Å². The number of benzene rings is 2. The van der Waals surface area contributed by atoms with Crippen molar-refractivity contribution in [1.82, 2.24) is 4.90 Å². The number of rotatable bonds is 8. The van der Waals surface area contributed by atoms with Gasteiger partial charge in [0.05, 0.1) is 34.7 Å². The molecular weight excluding hydrogens is 467 g/mol. The first kappa shape index (κ1) is 24.5. The maximum Gasteiger partial charge on any atom is 0.264 e. The van der Waals surface area contributed by atoms with Crippen molar-refractivity contribution in [3.8, 4) is 11.5 Å². The van der Waals surface area contributed by atoms with Gasteiger partial charge in [-0.1, -0.05) is 17.7 Å². The molecule has 1 aromatic heterocycles. The van der Waals surface area contributed by atoms with Gasteiger partial charge in [0.25, 0.3) is 11.8 Å². The molecule has 0 unspecified atom stereocenters. The molecule has 33 heavy (non-hydrogen) atoms. The molecule has 3 aromatic rings. The zero-order valence-electron chi connectivity index (χ0n) is 18.7. The van der Waals surface area contributed by atoms with Gasteiger partial charge < -0.3 is 19.7 Å². The van der Waals surface area contributed by atoms with Crippen molar-refractivity contribution in [2.45, 2.75) is 13.3 Å². The van der Waals surface area contributed by atoms with Gasteiger partial charge in [-0.05, 0) is 60.9 Å². The molecule has 0 aliphatic heterocycles. The minimum absolute atomic E-state index is 0.0203. The standard InChI is InChI=1S/C24H24ClFN2O4S/c1-14-11-21(27-23(29)17-7-6-16(26)13-18(17)25)33-22(14)24(30)28(2)10-9-15-5-8-19(31-3)20(12-15)32-4/h5-8,11-13H,9-10H2,1-4H3,(H,27,29). The van der Waals surface area contributed by atoms with Crippen molar-refractivity contribution >= 4 is 39.8 Å². The summed E-state index contributed by atoms with van der Waals surface area (Å²) in [4.78, 5) is 27.7. The molecule has 0 atom stereocenters. The zero-order chi connectivity index (χ0) is 24.1. The molecule has 0 fully saturated rings. The van der Waals surface area contributed by atoms with Gasteiger partial charge in [0.2, 0.25) is 0 Å². The Kier molecular flexibility index (Phi) is 7.94. The second-order valence-electron chi connectivity index (χ2n) is 7.37. The van der Waals surface area contributed by atoms with Crippen LogP contribution in [0.5, 0.6) is 11.5 Å². The number of hydrogen-bond donors (Lipinski definition) is 1. The highest BCUT2D eigenvalue weighted by Crippen LogP contribution is 2.30. The predicted octanol–water partition coefficient (Wildman–Crippen LogP) is 5.43. The second-order valence-corrected chi connectivity index (χ2v) is 8.83. The molecule has 1 heterocycles. The number of carbonyl (C=O) groups is 2. The fraction of sp³-hybridized carbons (Fsp3) is 0.250. The van der Waals surface area contributed by atoms with Crippen LogP contribution in [0, 0.1) is 12.7 Å². The monoisotopic (exact) mass is 490 g/mol. The quantitative estimate of drug-likeness (QED) is 0.457. The zero-order valence-corrected chi connectivity index (χ0v) is 20.3. The Labute approximate surface area is 200 Å². The number of ether oxygens (including phenoxy) is 2. The Morgan fingerprint density at radius 3 is 2.48 bits per heavy atom. The lowest BCUT2D eigenvalue weighted by Crippen LogP contribution is -2.28. The van der Waals surface area contributed by atoms with E-state index in [0.717, 1.165) is 17.2 Å². The van der Waals surface area contributed by atoms with Crippen LogP contribution in [-0.2, 0) is 6.42 Å². The Morgan fingerprint density at radius 2 is 1.82 bits per heavy atom. The van der Waals surface area contributed by atoms with Gasteiger partial charge in [-0.3, -0.25) is 9.59 Å². The van der Waals surface area contributed by atoms with E-state index in [9.17, 15) is 14.0 Å². The first-order chi connectivity index (χ1) is 15.7. The summed E-state index contributed by atoms with van der Waals surface area (Å²) in [6.45, 7) is 2.31. The molecule has 9 heteroatoms. The van der Waals surface area contributed by atoms with Gasteiger partial charge in [0.15, 0.2) is 11.5 Å². The normalized spacial score (nSPS) is 10.6. The molecule has 1 N–H and O–H groups in total. The first-order valence-electron chi connectivity index (χ1n) is 10.1. The summed E-state index contributed by atoms with van der Waals surface area (Å²) in [5.74, 6) is 0.156. The minimum atomic E-state index is -0.521. The first-order valence-corrected chi connectivity index (χ1v) is 11.3. The molecule has 0 spiro atoms. The van der Waals surface area contributed by atoms with E-state index >= 15 is 0 Å². The molecule has 3 rings (SSSR count). The smallest absolute Gasteiger partial charge is 0.264 e. The number of aryl methyl sites for hydroxylation is 1. The van der Waals surface area contributed by atoms with Crippen LogP contribution in [0.1, 0.15) is 31.2 Å². The number of nitrogens with zero attached hydrogens (tertiary/aromatic N) is 1. The Morgan fingerprint density at radius 1 is 1.09 bits per heavy atom. The van der Waals surface area contributed by atoms with Crippen molar-refractivity contribution in [2.24, 2.45) is 0 Å². The number of methoxy groups -OCH3 is 2. The molecule has 6 nitrogen and oxygen atoms in total. The van der Waals surface area contributed by atoms with Crippen molar-refractivity contribution in [1.29, 1.82) is 0 Å². The molecule has 0 saturated carbocycles. The highest BCUT2D eigenvalue weighted by Gasteiger charge is 2.20. The van der Waals surface area contributed by atoms with Crippen molar-refractivity contribution in [3.05, 3.63) is 74.9 Å². The van der Waals surface area contributed by atoms with E-state index in [0.29, 0.717) is 34.3 Å². The summed E-state index contributed by atoms with van der Waals surface area (Å²) >= 11 is 7.15. The number of likely N-dealkylation sites (N-methyl/N-ethyl adjacent to an activating group) is 1. The van der Waals surface area contributed by atoms with Crippen molar-refractivity contribution in [3.63, 3.8) is 0 Å². The highest BCUT2D eigenvalue weighted by molar-refractivity contribution is 7.18. The molecule has 0 aliphatic rings. The summed E-state index contributed by atoms with van der Waals surface area (Å²) in [6, 6.07) is 11.0. The second kappa shape index (κ2) is 10.7. The SMILES string of the molecule is COc1ccc(CCN(C)C(=O)c2sc(NC(=O)c3ccc(F)cc3Cl)cc2C)cc1OC. The molecule has 0 aliphatic carbocycles. The van der Waals surface area contributed by atoms with Crippen molar-refractivity contribution in [2.75, 3.05) is 33.1 Å². The third-order valence-electron chi connectivity index (χ3n) is 5.06. The maximum absolute atomic E-state index is 13.2. The van der Waals surface area contributed by atoms with Gasteiger partial charge in [-0.25, -0.2) is 4.39 Å². The summed E-state index contributed by atoms with van der Waals surface area (Å²) in [5.41, 5.74) is 1.92. The van der Waals surface area contributed by atoms with E-state index in [1.165, 1.54) is 23.5 Å². The number of anilines is 1. The summed E-state index contributed by atoms with van der Waals surface area (Å²) in [6.07, 6.45) is 0.639. The molecule has 0 radical (unpaired) electrons. The average molecular weight is 491 g/mol. The van der Waals surface area contributed by atoms with E-state index < -0.39 is 11.7 Å². The van der Waals surface area contributed by atoms with Crippen molar-refractivity contribution < 1.29 is 23.5 Å². The fourth-order valence-electron chi connectivity index (χ4n) is 3.22. The lowest BCUT2D eigenvalue weighted by Gasteiger charge is -2.17. The Hall–Kier alpha value is -3.10. The van der Waals surface area contributed by atoms with Gasteiger partial charge in [0.1, 0.15) is 5.82 Å². The third-order valence-corrected chi connectivity index (χ3v) is 6.51. The lowest BCUT2D eigenvalue weighted by molar-refractivity contribution is 0.0800. The number of hydrogen-bond acceptors (Lipinski definition) is 5. The van der Waals surface area contributed by atoms with E-state index in [1.807, 2.05) is 25.1 Å². The topological polar surface area (TPSA) is 67.9 Å². The highest BCUT2D eigenvalue weighted by atomic mass is 35.5. The van der Waals surface area contributed by atoms with Gasteiger partial charge in [-0.15, -0.1) is 11.3 Å². The van der Waals surface area contributed by atoms with Gasteiger partial charge in [-0.2, -0.15) is 0 Å². The van der Waals surface area contributed by atoms with E-state index in [4.69, 9.17) is 21.1 Å². The molecule has 174 valence electrons. The van der Waals surface area contributed by atoms with Gasteiger partial charge in [0, 0.05) is 13.6 Å². The largest absolute Gasteiger partial charge is 0.493 e. The van der Waals surface area contributed by atoms with Crippen LogP contribution >= 0.6 is 22.9 Å². The predicted molar refractivity (Wildman–Crippen MR) is 129 cm³/mol. The van der Waals surface area contributed by atoms with Crippen LogP contribution in [0.3, 0.4) is 0 Å². The van der Waals surface area contributed by atoms with Crippen LogP contribution in [0.25, 0.3) is 0 Å². The lowest BCUT2D eigenvalue weighted by atomic mass is 10.1. The summed E-state index contributed by atoms with van der Waals surface area (Å²) in [7, 11) is 4.90. The van der Waals surface area contributed by atoms with Crippen LogP contribution in [0.4, 0.5) is 9.39 Å². The van der Waals surface area contributed by atoms with E-state index in [1.54, 1.807) is 32.2 Å². The molecule has 2 aromatic carbocycles. The average Bonchev–Trinajstić information content (AvgIpc) is 3.16. The molecule has 0 bridgehead atoms. The van der Waals surface area contributed by atoms with Crippen LogP contribution in [-0.4, -0.2) is 44.5 Å². The molecule has 0 saturated heterocycles. The van der Waals surface area contributed by atoms with Crippen LogP contribution < -0.4 is 14.8 Å². The number of halogens is 2. The Balaban J connectivity index is 1.66. The molecular formula is C24H24ClFN2O4S. The molecule has 2 amide bonds. The summed E-state index contributed by atoms with van der Waals surface area (Å²) in [5, 5.41) is 3.26. The number of thiophene rings is 1. The number of amides is 2. The van der Waals surface area contributed by atoms with Gasteiger partial charge >= 0.3 is 0 Å². The van der Waals surface area contributed by atoms with E-state index in [2.05, 4.69) is 5.32 Å². The van der Waals surface area contributed by atoms with Crippen LogP contribution in [0.15, 0.2) is 42.5 Å². The maximum atomic E-state index is 13.2. The minimum Gasteiger partial charge on any atom is -0.493 e. The number of nitrogens with one attached hydrogen (secondary N) is 1.